The molecule has 1 amide bonds. The van der Waals surface area contributed by atoms with Gasteiger partial charge in [-0.2, -0.15) is 0 Å². The van der Waals surface area contributed by atoms with Gasteiger partial charge in [-0.15, -0.1) is 0 Å². The monoisotopic (exact) mass is 399 g/mol. The molecule has 5 heteroatoms. The highest BCUT2D eigenvalue weighted by atomic mass is 16.5. The highest BCUT2D eigenvalue weighted by molar-refractivity contribution is 6.08. The predicted molar refractivity (Wildman–Crippen MR) is 117 cm³/mol. The lowest BCUT2D eigenvalue weighted by Crippen LogP contribution is -2.19. The topological polar surface area (TPSA) is 67.8 Å². The molecule has 0 fully saturated rings. The zero-order chi connectivity index (χ0) is 21.1. The van der Waals surface area contributed by atoms with Gasteiger partial charge in [-0.25, -0.2) is 5.48 Å². The van der Waals surface area contributed by atoms with Crippen LogP contribution in [0.25, 0.3) is 33.0 Å². The fourth-order valence-electron chi connectivity index (χ4n) is 3.69. The predicted octanol–water partition coefficient (Wildman–Crippen LogP) is 5.31. The number of hydrogen-bond acceptors (Lipinski definition) is 4. The summed E-state index contributed by atoms with van der Waals surface area (Å²) in [6.07, 6.45) is 0. The Morgan fingerprint density at radius 1 is 0.767 bits per heavy atom. The molecule has 0 saturated carbocycles. The Hall–Kier alpha value is -3.83. The second kappa shape index (κ2) is 8.27. The summed E-state index contributed by atoms with van der Waals surface area (Å²) in [4.78, 5) is 12.2. The fourth-order valence-corrected chi connectivity index (χ4v) is 3.69. The summed E-state index contributed by atoms with van der Waals surface area (Å²) in [6, 6.07) is 25.1. The quantitative estimate of drug-likeness (QED) is 0.353. The van der Waals surface area contributed by atoms with E-state index < -0.39 is 5.91 Å². The van der Waals surface area contributed by atoms with Crippen molar-refractivity contribution < 1.29 is 19.5 Å². The van der Waals surface area contributed by atoms with Crippen LogP contribution in [0.1, 0.15) is 10.4 Å². The van der Waals surface area contributed by atoms with Crippen molar-refractivity contribution in [2.45, 2.75) is 0 Å². The number of nitrogens with one attached hydrogen (secondary N) is 1. The maximum absolute atomic E-state index is 12.2. The molecule has 4 aromatic rings. The summed E-state index contributed by atoms with van der Waals surface area (Å²) in [7, 11) is 3.27. The van der Waals surface area contributed by atoms with Crippen LogP contribution in [0.2, 0.25) is 0 Å². The minimum atomic E-state index is -0.538. The average Bonchev–Trinajstić information content (AvgIpc) is 2.82. The van der Waals surface area contributed by atoms with Crippen LogP contribution in [0.4, 0.5) is 0 Å². The second-order valence-electron chi connectivity index (χ2n) is 6.80. The molecule has 5 nitrogen and oxygen atoms in total. The molecule has 0 aliphatic rings. The maximum atomic E-state index is 12.2. The van der Waals surface area contributed by atoms with E-state index in [1.165, 1.54) is 0 Å². The van der Waals surface area contributed by atoms with Crippen molar-refractivity contribution >= 4 is 16.7 Å². The summed E-state index contributed by atoms with van der Waals surface area (Å²) in [5, 5.41) is 10.8. The van der Waals surface area contributed by atoms with Crippen LogP contribution in [-0.4, -0.2) is 25.3 Å². The van der Waals surface area contributed by atoms with Crippen molar-refractivity contribution in [1.29, 1.82) is 0 Å². The van der Waals surface area contributed by atoms with E-state index in [1.807, 2.05) is 72.8 Å². The molecule has 0 unspecified atom stereocenters. The summed E-state index contributed by atoms with van der Waals surface area (Å²) in [5.41, 5.74) is 5.83. The molecular weight excluding hydrogens is 378 g/mol. The number of fused-ring (bicyclic) bond motifs is 1. The minimum absolute atomic E-state index is 0.418. The number of rotatable bonds is 5. The number of benzene rings is 4. The first-order valence-electron chi connectivity index (χ1n) is 9.45. The van der Waals surface area contributed by atoms with Crippen LogP contribution in [0, 0.1) is 0 Å². The van der Waals surface area contributed by atoms with E-state index in [9.17, 15) is 4.79 Å². The Morgan fingerprint density at radius 2 is 1.40 bits per heavy atom. The molecule has 150 valence electrons. The Balaban J connectivity index is 1.81. The number of ether oxygens (including phenoxy) is 2. The van der Waals surface area contributed by atoms with Crippen molar-refractivity contribution in [3.63, 3.8) is 0 Å². The zero-order valence-corrected chi connectivity index (χ0v) is 16.7. The van der Waals surface area contributed by atoms with Crippen molar-refractivity contribution in [3.05, 3.63) is 84.4 Å². The number of amides is 1. The van der Waals surface area contributed by atoms with Gasteiger partial charge >= 0.3 is 0 Å². The first-order chi connectivity index (χ1) is 14.7. The summed E-state index contributed by atoms with van der Waals surface area (Å²) in [6.45, 7) is 0. The third-order valence-electron chi connectivity index (χ3n) is 5.14. The molecule has 4 rings (SSSR count). The van der Waals surface area contributed by atoms with Gasteiger partial charge in [0.05, 0.1) is 19.8 Å². The lowest BCUT2D eigenvalue weighted by Gasteiger charge is -2.14. The number of carbonyl (C=O) groups is 1. The first-order valence-corrected chi connectivity index (χ1v) is 9.45. The van der Waals surface area contributed by atoms with E-state index in [4.69, 9.17) is 14.7 Å². The highest BCUT2D eigenvalue weighted by Gasteiger charge is 2.14. The van der Waals surface area contributed by atoms with E-state index in [1.54, 1.807) is 25.8 Å². The lowest BCUT2D eigenvalue weighted by molar-refractivity contribution is 0.0708. The molecule has 30 heavy (non-hydrogen) atoms. The van der Waals surface area contributed by atoms with E-state index in [2.05, 4.69) is 0 Å². The zero-order valence-electron chi connectivity index (χ0n) is 16.7. The molecule has 2 N–H and O–H groups in total. The van der Waals surface area contributed by atoms with Crippen LogP contribution in [0.3, 0.4) is 0 Å². The van der Waals surface area contributed by atoms with Gasteiger partial charge in [0.15, 0.2) is 0 Å². The van der Waals surface area contributed by atoms with Gasteiger partial charge in [0.25, 0.3) is 5.91 Å². The fraction of sp³-hybridized carbons (Fsp3) is 0.0800. The van der Waals surface area contributed by atoms with Gasteiger partial charge in [0.2, 0.25) is 0 Å². The van der Waals surface area contributed by atoms with E-state index in [0.717, 1.165) is 44.5 Å². The van der Waals surface area contributed by atoms with Gasteiger partial charge in [-0.05, 0) is 51.7 Å². The molecule has 0 atom stereocenters. The number of hydroxylamine groups is 1. The van der Waals surface area contributed by atoms with Gasteiger partial charge in [0, 0.05) is 5.56 Å². The number of carbonyl (C=O) groups excluding carboxylic acids is 1. The van der Waals surface area contributed by atoms with Crippen molar-refractivity contribution in [2.24, 2.45) is 0 Å². The lowest BCUT2D eigenvalue weighted by atomic mass is 9.95. The van der Waals surface area contributed by atoms with Crippen LogP contribution < -0.4 is 15.0 Å². The molecule has 0 spiro atoms. The molecule has 4 aromatic carbocycles. The Bertz CT molecular complexity index is 1190. The van der Waals surface area contributed by atoms with Gasteiger partial charge in [-0.3, -0.25) is 10.0 Å². The van der Waals surface area contributed by atoms with E-state index in [-0.39, 0.29) is 0 Å². The average molecular weight is 399 g/mol. The van der Waals surface area contributed by atoms with Crippen molar-refractivity contribution in [3.8, 4) is 33.8 Å². The van der Waals surface area contributed by atoms with Crippen molar-refractivity contribution in [1.82, 2.24) is 5.48 Å². The Kier molecular flexibility index (Phi) is 5.37. The van der Waals surface area contributed by atoms with Gasteiger partial charge in [-0.1, -0.05) is 54.6 Å². The Labute approximate surface area is 174 Å². The van der Waals surface area contributed by atoms with Crippen LogP contribution >= 0.6 is 0 Å². The smallest absolute Gasteiger partial charge is 0.275 e. The molecule has 0 aliphatic carbocycles. The van der Waals surface area contributed by atoms with Gasteiger partial charge in [0.1, 0.15) is 11.5 Å². The molecule has 0 radical (unpaired) electrons. The van der Waals surface area contributed by atoms with E-state index in [0.29, 0.717) is 5.56 Å². The first kappa shape index (κ1) is 19.5. The summed E-state index contributed by atoms with van der Waals surface area (Å²) >= 11 is 0. The minimum Gasteiger partial charge on any atom is -0.496 e. The maximum Gasteiger partial charge on any atom is 0.275 e. The largest absolute Gasteiger partial charge is 0.496 e. The van der Waals surface area contributed by atoms with Gasteiger partial charge < -0.3 is 9.47 Å². The van der Waals surface area contributed by atoms with Crippen LogP contribution in [-0.2, 0) is 0 Å². The number of hydrogen-bond donors (Lipinski definition) is 2. The molecule has 0 bridgehead atoms. The third kappa shape index (κ3) is 3.47. The second-order valence-corrected chi connectivity index (χ2v) is 6.80. The molecule has 0 aromatic heterocycles. The van der Waals surface area contributed by atoms with Crippen LogP contribution in [0.15, 0.2) is 78.9 Å². The normalized spacial score (nSPS) is 10.6. The molecule has 0 aliphatic heterocycles. The summed E-state index contributed by atoms with van der Waals surface area (Å²) < 4.78 is 11.0. The molecular formula is C25H21NO4. The third-order valence-corrected chi connectivity index (χ3v) is 5.14. The standard InChI is InChI=1S/C25H21NO4/c1-29-22-8-5-9-23(30-2)24(22)17-12-10-16(11-13-17)19-14-18-6-3-4-7-20(18)21(15-19)25(27)26-28/h3-15,28H,1-2H3,(H,26,27). The highest BCUT2D eigenvalue weighted by Crippen LogP contribution is 2.39. The van der Waals surface area contributed by atoms with Crippen LogP contribution in [0.5, 0.6) is 11.5 Å². The van der Waals surface area contributed by atoms with Crippen molar-refractivity contribution in [2.75, 3.05) is 14.2 Å². The number of methoxy groups -OCH3 is 2. The van der Waals surface area contributed by atoms with E-state index >= 15 is 0 Å². The summed E-state index contributed by atoms with van der Waals surface area (Å²) in [5.74, 6) is 0.924. The molecule has 0 saturated heterocycles. The SMILES string of the molecule is COc1cccc(OC)c1-c1ccc(-c2cc(C(=O)NO)c3ccccc3c2)cc1. The molecule has 0 heterocycles. The Morgan fingerprint density at radius 3 is 2.03 bits per heavy atom.